The highest BCUT2D eigenvalue weighted by Gasteiger charge is 2.26. The number of nitrogens with one attached hydrogen (secondary N) is 1. The Labute approximate surface area is 134 Å². The predicted molar refractivity (Wildman–Crippen MR) is 85.6 cm³/mol. The van der Waals surface area contributed by atoms with Gasteiger partial charge in [0.05, 0.1) is 17.7 Å². The topological polar surface area (TPSA) is 70.8 Å². The SMILES string of the molecule is c1ccc(CN2CCCC(c3nc(-c4cn[nH]c4)no3)C2)cc1. The molecule has 0 aliphatic carbocycles. The zero-order valence-corrected chi connectivity index (χ0v) is 12.9. The van der Waals surface area contributed by atoms with Crippen LogP contribution in [-0.2, 0) is 6.54 Å². The fraction of sp³-hybridized carbons (Fsp3) is 0.353. The number of hydrogen-bond acceptors (Lipinski definition) is 5. The average Bonchev–Trinajstić information content (AvgIpc) is 3.28. The summed E-state index contributed by atoms with van der Waals surface area (Å²) in [6.45, 7) is 3.05. The summed E-state index contributed by atoms with van der Waals surface area (Å²) in [6.07, 6.45) is 5.73. The molecule has 1 saturated heterocycles. The van der Waals surface area contributed by atoms with Gasteiger partial charge in [0, 0.05) is 19.3 Å². The molecule has 6 heteroatoms. The molecule has 23 heavy (non-hydrogen) atoms. The summed E-state index contributed by atoms with van der Waals surface area (Å²) < 4.78 is 5.50. The number of piperidine rings is 1. The normalized spacial score (nSPS) is 19.0. The first-order chi connectivity index (χ1) is 11.4. The first-order valence-corrected chi connectivity index (χ1v) is 7.97. The van der Waals surface area contributed by atoms with Crippen LogP contribution >= 0.6 is 0 Å². The molecule has 0 amide bonds. The lowest BCUT2D eigenvalue weighted by atomic mass is 9.97. The Bertz CT molecular complexity index is 737. The van der Waals surface area contributed by atoms with Gasteiger partial charge in [-0.2, -0.15) is 10.1 Å². The van der Waals surface area contributed by atoms with E-state index in [0.717, 1.165) is 43.9 Å². The van der Waals surface area contributed by atoms with Crippen molar-refractivity contribution in [1.29, 1.82) is 0 Å². The molecule has 0 bridgehead atoms. The Kier molecular flexibility index (Phi) is 3.90. The maximum absolute atomic E-state index is 5.50. The third-order valence-electron chi connectivity index (χ3n) is 4.30. The van der Waals surface area contributed by atoms with Gasteiger partial charge in [0.1, 0.15) is 0 Å². The smallest absolute Gasteiger partial charge is 0.231 e. The second-order valence-electron chi connectivity index (χ2n) is 6.00. The van der Waals surface area contributed by atoms with Crippen molar-refractivity contribution >= 4 is 0 Å². The van der Waals surface area contributed by atoms with Gasteiger partial charge < -0.3 is 4.52 Å². The zero-order chi connectivity index (χ0) is 15.5. The van der Waals surface area contributed by atoms with Crippen molar-refractivity contribution in [3.63, 3.8) is 0 Å². The molecule has 1 unspecified atom stereocenters. The van der Waals surface area contributed by atoms with Gasteiger partial charge in [-0.3, -0.25) is 10.00 Å². The standard InChI is InChI=1S/C17H19N5O/c1-2-5-13(6-3-1)11-22-8-4-7-14(12-22)17-20-16(21-23-17)15-9-18-19-10-15/h1-3,5-6,9-10,14H,4,7-8,11-12H2,(H,18,19). The minimum Gasteiger partial charge on any atom is -0.339 e. The van der Waals surface area contributed by atoms with E-state index in [1.807, 2.05) is 0 Å². The van der Waals surface area contributed by atoms with Crippen molar-refractivity contribution in [2.75, 3.05) is 13.1 Å². The highest BCUT2D eigenvalue weighted by Crippen LogP contribution is 2.28. The first kappa shape index (κ1) is 14.1. The van der Waals surface area contributed by atoms with E-state index in [2.05, 4.69) is 55.6 Å². The van der Waals surface area contributed by atoms with Crippen LogP contribution in [0.25, 0.3) is 11.4 Å². The molecule has 2 aromatic heterocycles. The van der Waals surface area contributed by atoms with Gasteiger partial charge in [-0.05, 0) is 24.9 Å². The molecule has 1 atom stereocenters. The Balaban J connectivity index is 1.45. The number of aromatic amines is 1. The minimum absolute atomic E-state index is 0.306. The molecule has 0 spiro atoms. The van der Waals surface area contributed by atoms with Crippen LogP contribution in [0.2, 0.25) is 0 Å². The molecule has 118 valence electrons. The summed E-state index contributed by atoms with van der Waals surface area (Å²) >= 11 is 0. The molecule has 0 radical (unpaired) electrons. The number of benzene rings is 1. The molecule has 0 saturated carbocycles. The third-order valence-corrected chi connectivity index (χ3v) is 4.30. The Morgan fingerprint density at radius 2 is 2.17 bits per heavy atom. The van der Waals surface area contributed by atoms with Crippen molar-refractivity contribution < 1.29 is 4.52 Å². The third kappa shape index (κ3) is 3.17. The molecule has 1 aliphatic heterocycles. The number of nitrogens with zero attached hydrogens (tertiary/aromatic N) is 4. The molecule has 1 aromatic carbocycles. The van der Waals surface area contributed by atoms with E-state index >= 15 is 0 Å². The molecular formula is C17H19N5O. The van der Waals surface area contributed by atoms with E-state index in [9.17, 15) is 0 Å². The fourth-order valence-corrected chi connectivity index (χ4v) is 3.13. The number of hydrogen-bond donors (Lipinski definition) is 1. The Morgan fingerprint density at radius 1 is 1.26 bits per heavy atom. The van der Waals surface area contributed by atoms with E-state index in [-0.39, 0.29) is 0 Å². The first-order valence-electron chi connectivity index (χ1n) is 7.97. The average molecular weight is 309 g/mol. The monoisotopic (exact) mass is 309 g/mol. The number of aromatic nitrogens is 4. The lowest BCUT2D eigenvalue weighted by molar-refractivity contribution is 0.180. The van der Waals surface area contributed by atoms with E-state index in [1.54, 1.807) is 12.4 Å². The highest BCUT2D eigenvalue weighted by atomic mass is 16.5. The van der Waals surface area contributed by atoms with Crippen LogP contribution in [0.1, 0.15) is 30.2 Å². The number of likely N-dealkylation sites (tertiary alicyclic amines) is 1. The van der Waals surface area contributed by atoms with Gasteiger partial charge in [0.15, 0.2) is 0 Å². The molecule has 6 nitrogen and oxygen atoms in total. The molecule has 3 heterocycles. The van der Waals surface area contributed by atoms with Crippen LogP contribution in [0.4, 0.5) is 0 Å². The zero-order valence-electron chi connectivity index (χ0n) is 12.9. The second kappa shape index (κ2) is 6.34. The van der Waals surface area contributed by atoms with Gasteiger partial charge in [-0.25, -0.2) is 0 Å². The lowest BCUT2D eigenvalue weighted by Gasteiger charge is -2.30. The summed E-state index contributed by atoms with van der Waals surface area (Å²) in [4.78, 5) is 7.02. The van der Waals surface area contributed by atoms with E-state index in [0.29, 0.717) is 11.7 Å². The molecule has 1 aliphatic rings. The van der Waals surface area contributed by atoms with E-state index in [1.165, 1.54) is 5.56 Å². The van der Waals surface area contributed by atoms with Crippen LogP contribution in [-0.4, -0.2) is 38.3 Å². The van der Waals surface area contributed by atoms with Crippen LogP contribution in [0.5, 0.6) is 0 Å². The van der Waals surface area contributed by atoms with Crippen LogP contribution in [0.3, 0.4) is 0 Å². The molecule has 3 aromatic rings. The number of rotatable bonds is 4. The summed E-state index contributed by atoms with van der Waals surface area (Å²) in [5.74, 6) is 1.65. The predicted octanol–water partition coefficient (Wildman–Crippen LogP) is 2.84. The van der Waals surface area contributed by atoms with Crippen molar-refractivity contribution in [2.24, 2.45) is 0 Å². The molecule has 1 N–H and O–H groups in total. The fourth-order valence-electron chi connectivity index (χ4n) is 3.13. The van der Waals surface area contributed by atoms with Gasteiger partial charge in [0.2, 0.25) is 11.7 Å². The van der Waals surface area contributed by atoms with Crippen molar-refractivity contribution in [2.45, 2.75) is 25.3 Å². The van der Waals surface area contributed by atoms with Crippen LogP contribution in [0, 0.1) is 0 Å². The molecule has 4 rings (SSSR count). The maximum Gasteiger partial charge on any atom is 0.231 e. The summed E-state index contributed by atoms with van der Waals surface area (Å²) in [5, 5.41) is 10.8. The molecular weight excluding hydrogens is 290 g/mol. The van der Waals surface area contributed by atoms with Gasteiger partial charge in [0.25, 0.3) is 0 Å². The van der Waals surface area contributed by atoms with E-state index < -0.39 is 0 Å². The Morgan fingerprint density at radius 3 is 3.00 bits per heavy atom. The Hall–Kier alpha value is -2.47. The molecule has 1 fully saturated rings. The summed E-state index contributed by atoms with van der Waals surface area (Å²) in [7, 11) is 0. The van der Waals surface area contributed by atoms with Crippen LogP contribution in [0.15, 0.2) is 47.2 Å². The second-order valence-corrected chi connectivity index (χ2v) is 6.00. The lowest BCUT2D eigenvalue weighted by Crippen LogP contribution is -2.34. The van der Waals surface area contributed by atoms with Gasteiger partial charge in [-0.15, -0.1) is 0 Å². The van der Waals surface area contributed by atoms with Gasteiger partial charge in [-0.1, -0.05) is 35.5 Å². The minimum atomic E-state index is 0.306. The van der Waals surface area contributed by atoms with Crippen molar-refractivity contribution in [3.05, 3.63) is 54.2 Å². The van der Waals surface area contributed by atoms with Gasteiger partial charge >= 0.3 is 0 Å². The quantitative estimate of drug-likeness (QED) is 0.802. The summed E-state index contributed by atoms with van der Waals surface area (Å²) in [6, 6.07) is 10.6. The van der Waals surface area contributed by atoms with Crippen molar-refractivity contribution in [1.82, 2.24) is 25.2 Å². The van der Waals surface area contributed by atoms with Crippen molar-refractivity contribution in [3.8, 4) is 11.4 Å². The summed E-state index contributed by atoms with van der Waals surface area (Å²) in [5.41, 5.74) is 2.20. The maximum atomic E-state index is 5.50. The van der Waals surface area contributed by atoms with Crippen LogP contribution < -0.4 is 0 Å². The highest BCUT2D eigenvalue weighted by molar-refractivity contribution is 5.50. The van der Waals surface area contributed by atoms with E-state index in [4.69, 9.17) is 4.52 Å². The number of H-pyrrole nitrogens is 1. The largest absolute Gasteiger partial charge is 0.339 e.